The Labute approximate surface area is 251 Å². The fourth-order valence-corrected chi connectivity index (χ4v) is 8.74. The number of aliphatic hydroxyl groups is 1. The molecule has 0 unspecified atom stereocenters. The SMILES string of the molecule is CC(=O)CC[C@]12CC[C@@H](C)[C@](C)(C1)[C@H](OC(=O)CSC1CCNCC1)C[C@](C)(/C=C/c1nccnc1C)[C@@H](O)[C@@H]2C. The van der Waals surface area contributed by atoms with E-state index in [1.807, 2.05) is 13.0 Å². The van der Waals surface area contributed by atoms with E-state index in [2.05, 4.69) is 49.1 Å². The fourth-order valence-electron chi connectivity index (χ4n) is 7.74. The number of thioether (sulfide) groups is 1. The number of nitrogens with zero attached hydrogens (tertiary/aromatic N) is 2. The summed E-state index contributed by atoms with van der Waals surface area (Å²) in [5.41, 5.74) is 0.453. The van der Waals surface area contributed by atoms with Gasteiger partial charge < -0.3 is 20.0 Å². The average Bonchev–Trinajstić information content (AvgIpc) is 2.95. The third kappa shape index (κ3) is 7.24. The molecular formula is C33H51N3O4S. The maximum Gasteiger partial charge on any atom is 0.316 e. The number of carbonyl (C=O) groups is 2. The summed E-state index contributed by atoms with van der Waals surface area (Å²) < 4.78 is 6.49. The van der Waals surface area contributed by atoms with E-state index in [4.69, 9.17) is 4.74 Å². The average molecular weight is 586 g/mol. The molecule has 2 saturated carbocycles. The van der Waals surface area contributed by atoms with Gasteiger partial charge in [-0.25, -0.2) is 0 Å². The molecule has 2 aliphatic carbocycles. The molecule has 1 aliphatic heterocycles. The monoisotopic (exact) mass is 585 g/mol. The maximum absolute atomic E-state index is 13.4. The van der Waals surface area contributed by atoms with E-state index in [1.165, 1.54) is 0 Å². The van der Waals surface area contributed by atoms with Crippen molar-refractivity contribution < 1.29 is 19.4 Å². The summed E-state index contributed by atoms with van der Waals surface area (Å²) in [4.78, 5) is 34.5. The topological polar surface area (TPSA) is 101 Å². The first-order valence-corrected chi connectivity index (χ1v) is 16.6. The lowest BCUT2D eigenvalue weighted by molar-refractivity contribution is -0.187. The number of fused-ring (bicyclic) bond motifs is 2. The Morgan fingerprint density at radius 3 is 2.56 bits per heavy atom. The molecule has 1 saturated heterocycles. The second kappa shape index (κ2) is 13.3. The van der Waals surface area contributed by atoms with E-state index >= 15 is 0 Å². The van der Waals surface area contributed by atoms with Gasteiger partial charge in [0.15, 0.2) is 0 Å². The Morgan fingerprint density at radius 2 is 1.88 bits per heavy atom. The number of carbonyl (C=O) groups excluding carboxylic acids is 2. The second-order valence-electron chi connectivity index (χ2n) is 13.7. The highest BCUT2D eigenvalue weighted by atomic mass is 32.2. The van der Waals surface area contributed by atoms with Crippen molar-refractivity contribution in [1.29, 1.82) is 0 Å². The van der Waals surface area contributed by atoms with Gasteiger partial charge in [-0.15, -0.1) is 11.8 Å². The molecule has 4 rings (SSSR count). The van der Waals surface area contributed by atoms with E-state index in [9.17, 15) is 14.7 Å². The first kappa shape index (κ1) is 32.2. The Balaban J connectivity index is 1.69. The van der Waals surface area contributed by atoms with Crippen molar-refractivity contribution >= 4 is 29.6 Å². The molecule has 1 aromatic rings. The van der Waals surface area contributed by atoms with Crippen LogP contribution < -0.4 is 5.32 Å². The van der Waals surface area contributed by atoms with Gasteiger partial charge in [-0.1, -0.05) is 33.8 Å². The van der Waals surface area contributed by atoms with Gasteiger partial charge in [0.05, 0.1) is 23.2 Å². The molecule has 2 heterocycles. The van der Waals surface area contributed by atoms with Gasteiger partial charge in [-0.05, 0) is 95.2 Å². The number of rotatable bonds is 9. The van der Waals surface area contributed by atoms with E-state index in [-0.39, 0.29) is 34.6 Å². The third-order valence-corrected chi connectivity index (χ3v) is 12.3. The molecule has 0 spiro atoms. The highest BCUT2D eigenvalue weighted by Crippen LogP contribution is 2.62. The van der Waals surface area contributed by atoms with Crippen LogP contribution in [0.5, 0.6) is 0 Å². The molecule has 7 atom stereocenters. The van der Waals surface area contributed by atoms with Crippen LogP contribution in [-0.2, 0) is 14.3 Å². The first-order valence-electron chi connectivity index (χ1n) is 15.5. The minimum Gasteiger partial charge on any atom is -0.461 e. The zero-order valence-electron chi connectivity index (χ0n) is 25.9. The van der Waals surface area contributed by atoms with Crippen LogP contribution in [0.3, 0.4) is 0 Å². The maximum atomic E-state index is 13.4. The minimum absolute atomic E-state index is 0.0293. The summed E-state index contributed by atoms with van der Waals surface area (Å²) in [6.07, 6.45) is 13.1. The minimum atomic E-state index is -0.675. The summed E-state index contributed by atoms with van der Waals surface area (Å²) >= 11 is 1.72. The van der Waals surface area contributed by atoms with Crippen LogP contribution in [0, 0.1) is 35.0 Å². The number of Topliss-reactive ketones (excluding diaryl/α,β-unsaturated/α-hetero) is 1. The van der Waals surface area contributed by atoms with Crippen molar-refractivity contribution in [2.75, 3.05) is 18.8 Å². The van der Waals surface area contributed by atoms with Crippen LogP contribution in [-0.4, -0.2) is 63.1 Å². The van der Waals surface area contributed by atoms with E-state index in [0.29, 0.717) is 29.8 Å². The van der Waals surface area contributed by atoms with Gasteiger partial charge in [0.25, 0.3) is 0 Å². The molecule has 0 radical (unpaired) electrons. The van der Waals surface area contributed by atoms with Crippen LogP contribution in [0.4, 0.5) is 0 Å². The fraction of sp³-hybridized carbons (Fsp3) is 0.758. The summed E-state index contributed by atoms with van der Waals surface area (Å²) in [5.74, 6) is 0.693. The summed E-state index contributed by atoms with van der Waals surface area (Å²) in [6.45, 7) is 14.4. The zero-order chi connectivity index (χ0) is 29.8. The molecule has 3 fully saturated rings. The number of hydrogen-bond donors (Lipinski definition) is 2. The normalized spacial score (nSPS) is 36.5. The number of hydrogen-bond acceptors (Lipinski definition) is 8. The van der Waals surface area contributed by atoms with Crippen molar-refractivity contribution in [1.82, 2.24) is 15.3 Å². The Kier molecular flexibility index (Phi) is 10.4. The van der Waals surface area contributed by atoms with Crippen LogP contribution in [0.1, 0.15) is 97.4 Å². The van der Waals surface area contributed by atoms with Crippen molar-refractivity contribution in [2.24, 2.45) is 28.1 Å². The predicted molar refractivity (Wildman–Crippen MR) is 165 cm³/mol. The van der Waals surface area contributed by atoms with E-state index < -0.39 is 11.5 Å². The number of ketones is 1. The van der Waals surface area contributed by atoms with Gasteiger partial charge in [0, 0.05) is 34.9 Å². The van der Waals surface area contributed by atoms with Crippen LogP contribution >= 0.6 is 11.8 Å². The number of aryl methyl sites for hydroxylation is 1. The number of ether oxygens (including phenoxy) is 1. The molecular weight excluding hydrogens is 534 g/mol. The van der Waals surface area contributed by atoms with Crippen molar-refractivity contribution in [3.63, 3.8) is 0 Å². The lowest BCUT2D eigenvalue weighted by atomic mass is 9.47. The largest absolute Gasteiger partial charge is 0.461 e. The number of nitrogens with one attached hydrogen (secondary N) is 1. The molecule has 1 aromatic heterocycles. The molecule has 2 N–H and O–H groups in total. The molecule has 0 aromatic carbocycles. The third-order valence-electron chi connectivity index (χ3n) is 10.9. The standard InChI is InChI=1S/C33H51N3O4S/c1-22-7-13-33(14-8-23(2)37)21-32(22,6)28(40-29(38)20-41-26-10-15-34-16-11-26)19-31(5,30(39)24(33)3)12-9-27-25(4)35-17-18-36-27/h9,12,17-18,22,24,26,28,30,34,39H,7-8,10-11,13-16,19-21H2,1-6H3/b12-9+/t22-,24+,28-,30+,31+,32+,33-/m1/s1. The number of aliphatic hydroxyl groups excluding tert-OH is 1. The van der Waals surface area contributed by atoms with E-state index in [1.54, 1.807) is 31.1 Å². The number of piperidine rings is 1. The van der Waals surface area contributed by atoms with Crippen molar-refractivity contribution in [2.45, 2.75) is 110 Å². The molecule has 228 valence electrons. The van der Waals surface area contributed by atoms with Crippen molar-refractivity contribution in [3.05, 3.63) is 29.9 Å². The molecule has 8 heteroatoms. The van der Waals surface area contributed by atoms with Gasteiger partial charge in [0.2, 0.25) is 0 Å². The molecule has 3 aliphatic rings. The highest BCUT2D eigenvalue weighted by molar-refractivity contribution is 8.00. The molecule has 41 heavy (non-hydrogen) atoms. The number of esters is 1. The lowest BCUT2D eigenvalue weighted by Gasteiger charge is -2.60. The summed E-state index contributed by atoms with van der Waals surface area (Å²) in [6, 6.07) is 0. The zero-order valence-corrected chi connectivity index (χ0v) is 26.8. The lowest BCUT2D eigenvalue weighted by Crippen LogP contribution is -2.58. The van der Waals surface area contributed by atoms with Crippen molar-refractivity contribution in [3.8, 4) is 0 Å². The first-order chi connectivity index (χ1) is 19.4. The van der Waals surface area contributed by atoms with Gasteiger partial charge in [0.1, 0.15) is 11.9 Å². The van der Waals surface area contributed by atoms with Crippen LogP contribution in [0.15, 0.2) is 18.5 Å². The van der Waals surface area contributed by atoms with Gasteiger partial charge in [-0.3, -0.25) is 14.8 Å². The Bertz CT molecular complexity index is 1110. The molecule has 2 bridgehead atoms. The Morgan fingerprint density at radius 1 is 1.17 bits per heavy atom. The smallest absolute Gasteiger partial charge is 0.316 e. The van der Waals surface area contributed by atoms with Gasteiger partial charge >= 0.3 is 5.97 Å². The van der Waals surface area contributed by atoms with Gasteiger partial charge in [-0.2, -0.15) is 0 Å². The molecule has 0 amide bonds. The Hall–Kier alpha value is -1.77. The van der Waals surface area contributed by atoms with Crippen LogP contribution in [0.2, 0.25) is 0 Å². The quantitative estimate of drug-likeness (QED) is 0.352. The summed E-state index contributed by atoms with van der Waals surface area (Å²) in [7, 11) is 0. The second-order valence-corrected chi connectivity index (χ2v) is 15.0. The summed E-state index contributed by atoms with van der Waals surface area (Å²) in [5, 5.41) is 16.0. The predicted octanol–water partition coefficient (Wildman–Crippen LogP) is 5.78. The number of aromatic nitrogens is 2. The molecule has 7 nitrogen and oxygen atoms in total. The van der Waals surface area contributed by atoms with E-state index in [0.717, 1.165) is 63.0 Å². The highest BCUT2D eigenvalue weighted by Gasteiger charge is 2.58. The van der Waals surface area contributed by atoms with Crippen LogP contribution in [0.25, 0.3) is 6.08 Å².